The zero-order valence-electron chi connectivity index (χ0n) is 16.7. The summed E-state index contributed by atoms with van der Waals surface area (Å²) in [5, 5.41) is 0. The van der Waals surface area contributed by atoms with E-state index in [1.54, 1.807) is 21.9 Å². The van der Waals surface area contributed by atoms with Crippen molar-refractivity contribution in [1.29, 1.82) is 0 Å². The summed E-state index contributed by atoms with van der Waals surface area (Å²) in [6.45, 7) is 1.98. The van der Waals surface area contributed by atoms with Crippen molar-refractivity contribution in [2.45, 2.75) is 12.8 Å². The minimum atomic E-state index is -0.511. The third-order valence-electron chi connectivity index (χ3n) is 5.43. The molecule has 0 unspecified atom stereocenters. The van der Waals surface area contributed by atoms with E-state index in [1.165, 1.54) is 12.1 Å². The van der Waals surface area contributed by atoms with Crippen molar-refractivity contribution in [3.8, 4) is 5.69 Å². The van der Waals surface area contributed by atoms with E-state index >= 15 is 0 Å². The van der Waals surface area contributed by atoms with Crippen LogP contribution in [0.5, 0.6) is 0 Å². The summed E-state index contributed by atoms with van der Waals surface area (Å²) in [7, 11) is 0. The van der Waals surface area contributed by atoms with Gasteiger partial charge in [-0.25, -0.2) is 4.39 Å². The quantitative estimate of drug-likeness (QED) is 0.667. The van der Waals surface area contributed by atoms with Crippen molar-refractivity contribution in [3.05, 3.63) is 90.0 Å². The fraction of sp³-hybridized carbons (Fsp3) is 0.250. The van der Waals surface area contributed by atoms with E-state index in [0.29, 0.717) is 39.0 Å². The molecule has 2 aromatic carbocycles. The number of hydrogen-bond acceptors (Lipinski definition) is 2. The molecule has 0 atom stereocenters. The van der Waals surface area contributed by atoms with Crippen molar-refractivity contribution in [3.63, 3.8) is 0 Å². The van der Waals surface area contributed by atoms with Crippen LogP contribution in [-0.4, -0.2) is 52.4 Å². The first-order valence-corrected chi connectivity index (χ1v) is 10.2. The van der Waals surface area contributed by atoms with E-state index in [9.17, 15) is 14.0 Å². The Morgan fingerprint density at radius 1 is 0.800 bits per heavy atom. The van der Waals surface area contributed by atoms with Crippen molar-refractivity contribution < 1.29 is 14.0 Å². The third-order valence-corrected chi connectivity index (χ3v) is 5.43. The molecule has 4 rings (SSSR count). The molecule has 1 aromatic heterocycles. The maximum Gasteiger partial charge on any atom is 0.256 e. The molecule has 0 radical (unpaired) electrons. The van der Waals surface area contributed by atoms with Crippen LogP contribution >= 0.6 is 0 Å². The smallest absolute Gasteiger partial charge is 0.256 e. The molecule has 0 aliphatic carbocycles. The van der Waals surface area contributed by atoms with Gasteiger partial charge in [0.15, 0.2) is 0 Å². The lowest BCUT2D eigenvalue weighted by atomic mass is 10.1. The van der Waals surface area contributed by atoms with Crippen LogP contribution in [0.1, 0.15) is 22.3 Å². The molecule has 154 valence electrons. The first-order chi connectivity index (χ1) is 14.6. The zero-order chi connectivity index (χ0) is 20.9. The molecule has 0 saturated carbocycles. The van der Waals surface area contributed by atoms with Crippen LogP contribution in [-0.2, 0) is 11.2 Å². The second-order valence-electron chi connectivity index (χ2n) is 7.44. The summed E-state index contributed by atoms with van der Waals surface area (Å²) in [5.74, 6) is -0.782. The molecule has 1 fully saturated rings. The van der Waals surface area contributed by atoms with Gasteiger partial charge in [0.1, 0.15) is 5.82 Å². The van der Waals surface area contributed by atoms with Gasteiger partial charge < -0.3 is 14.4 Å². The molecule has 3 aromatic rings. The Labute approximate surface area is 175 Å². The number of carbonyl (C=O) groups excluding carboxylic acids is 2. The Kier molecular flexibility index (Phi) is 5.93. The maximum absolute atomic E-state index is 13.9. The van der Waals surface area contributed by atoms with Crippen molar-refractivity contribution in [2.24, 2.45) is 0 Å². The molecular weight excluding hydrogens is 381 g/mol. The summed E-state index contributed by atoms with van der Waals surface area (Å²) >= 11 is 0. The van der Waals surface area contributed by atoms with Crippen molar-refractivity contribution in [1.82, 2.24) is 14.4 Å². The average molecular weight is 405 g/mol. The third kappa shape index (κ3) is 4.43. The SMILES string of the molecule is O=C(Cc1ccc(-n2cccc2)cc1)N1CCCN(C(=O)c2ccccc2F)CC1. The van der Waals surface area contributed by atoms with Crippen LogP contribution in [0.2, 0.25) is 0 Å². The molecule has 1 saturated heterocycles. The van der Waals surface area contributed by atoms with E-state index in [1.807, 2.05) is 53.4 Å². The van der Waals surface area contributed by atoms with Gasteiger partial charge in [-0.2, -0.15) is 0 Å². The van der Waals surface area contributed by atoms with Crippen LogP contribution in [0.4, 0.5) is 4.39 Å². The van der Waals surface area contributed by atoms with E-state index in [4.69, 9.17) is 0 Å². The number of hydrogen-bond donors (Lipinski definition) is 0. The Bertz CT molecular complexity index is 1020. The van der Waals surface area contributed by atoms with E-state index in [0.717, 1.165) is 11.3 Å². The van der Waals surface area contributed by atoms with Crippen LogP contribution in [0.3, 0.4) is 0 Å². The molecule has 0 N–H and O–H groups in total. The van der Waals surface area contributed by atoms with Gasteiger partial charge in [-0.1, -0.05) is 24.3 Å². The highest BCUT2D eigenvalue weighted by atomic mass is 19.1. The second-order valence-corrected chi connectivity index (χ2v) is 7.44. The minimum absolute atomic E-state index is 0.0453. The first kappa shape index (κ1) is 19.9. The monoisotopic (exact) mass is 405 g/mol. The van der Waals surface area contributed by atoms with Gasteiger partial charge in [-0.05, 0) is 48.4 Å². The summed E-state index contributed by atoms with van der Waals surface area (Å²) in [5.41, 5.74) is 2.09. The van der Waals surface area contributed by atoms with Crippen LogP contribution in [0.15, 0.2) is 73.1 Å². The van der Waals surface area contributed by atoms with Crippen molar-refractivity contribution >= 4 is 11.8 Å². The summed E-state index contributed by atoms with van der Waals surface area (Å²) in [6, 6.07) is 17.9. The number of amides is 2. The second kappa shape index (κ2) is 8.95. The molecule has 1 aliphatic heterocycles. The van der Waals surface area contributed by atoms with Gasteiger partial charge in [0.25, 0.3) is 5.91 Å². The van der Waals surface area contributed by atoms with Gasteiger partial charge in [0.2, 0.25) is 5.91 Å². The average Bonchev–Trinajstić information content (AvgIpc) is 3.18. The fourth-order valence-corrected chi connectivity index (χ4v) is 3.75. The number of nitrogens with zero attached hydrogens (tertiary/aromatic N) is 3. The summed E-state index contributed by atoms with van der Waals surface area (Å²) < 4.78 is 16.0. The van der Waals surface area contributed by atoms with Gasteiger partial charge in [-0.3, -0.25) is 9.59 Å². The van der Waals surface area contributed by atoms with Crippen LogP contribution in [0.25, 0.3) is 5.69 Å². The van der Waals surface area contributed by atoms with Gasteiger partial charge in [0, 0.05) is 44.3 Å². The Balaban J connectivity index is 1.35. The number of rotatable bonds is 4. The molecule has 0 bridgehead atoms. The zero-order valence-corrected chi connectivity index (χ0v) is 16.7. The summed E-state index contributed by atoms with van der Waals surface area (Å²) in [6.07, 6.45) is 4.96. The maximum atomic E-state index is 13.9. The molecule has 6 heteroatoms. The highest BCUT2D eigenvalue weighted by Gasteiger charge is 2.24. The molecular formula is C24H24FN3O2. The van der Waals surface area contributed by atoms with E-state index in [2.05, 4.69) is 0 Å². The van der Waals surface area contributed by atoms with Crippen molar-refractivity contribution in [2.75, 3.05) is 26.2 Å². The van der Waals surface area contributed by atoms with Crippen LogP contribution < -0.4 is 0 Å². The summed E-state index contributed by atoms with van der Waals surface area (Å²) in [4.78, 5) is 28.9. The standard InChI is InChI=1S/C24H24FN3O2/c25-22-7-2-1-6-21(22)24(30)28-15-5-14-27(16-17-28)23(29)18-19-8-10-20(11-9-19)26-12-3-4-13-26/h1-4,6-13H,5,14-18H2. The Morgan fingerprint density at radius 3 is 2.20 bits per heavy atom. The largest absolute Gasteiger partial charge is 0.341 e. The lowest BCUT2D eigenvalue weighted by Crippen LogP contribution is -2.38. The molecule has 2 heterocycles. The topological polar surface area (TPSA) is 45.6 Å². The number of halogens is 1. The predicted molar refractivity (Wildman–Crippen MR) is 113 cm³/mol. The number of carbonyl (C=O) groups is 2. The first-order valence-electron chi connectivity index (χ1n) is 10.2. The van der Waals surface area contributed by atoms with Crippen LogP contribution in [0, 0.1) is 5.82 Å². The fourth-order valence-electron chi connectivity index (χ4n) is 3.75. The Morgan fingerprint density at radius 2 is 1.47 bits per heavy atom. The molecule has 2 amide bonds. The van der Waals surface area contributed by atoms with E-state index < -0.39 is 5.82 Å². The minimum Gasteiger partial charge on any atom is -0.341 e. The predicted octanol–water partition coefficient (Wildman–Crippen LogP) is 3.53. The van der Waals surface area contributed by atoms with Gasteiger partial charge in [0.05, 0.1) is 12.0 Å². The molecule has 0 spiro atoms. The Hall–Kier alpha value is -3.41. The lowest BCUT2D eigenvalue weighted by Gasteiger charge is -2.22. The lowest BCUT2D eigenvalue weighted by molar-refractivity contribution is -0.130. The molecule has 5 nitrogen and oxygen atoms in total. The van der Waals surface area contributed by atoms with Gasteiger partial charge in [-0.15, -0.1) is 0 Å². The number of aromatic nitrogens is 1. The number of benzene rings is 2. The highest BCUT2D eigenvalue weighted by Crippen LogP contribution is 2.15. The van der Waals surface area contributed by atoms with E-state index in [-0.39, 0.29) is 17.4 Å². The molecule has 30 heavy (non-hydrogen) atoms. The highest BCUT2D eigenvalue weighted by molar-refractivity contribution is 5.94. The molecule has 1 aliphatic rings. The van der Waals surface area contributed by atoms with Gasteiger partial charge >= 0.3 is 0 Å². The normalized spacial score (nSPS) is 14.4.